The van der Waals surface area contributed by atoms with Crippen LogP contribution >= 0.6 is 0 Å². The van der Waals surface area contributed by atoms with Crippen molar-refractivity contribution in [3.63, 3.8) is 0 Å². The molecule has 0 radical (unpaired) electrons. The number of rotatable bonds is 12. The van der Waals surface area contributed by atoms with Crippen molar-refractivity contribution < 1.29 is 0 Å². The molecule has 0 saturated heterocycles. The molecule has 0 unspecified atom stereocenters. The van der Waals surface area contributed by atoms with Crippen LogP contribution in [0.1, 0.15) is 0 Å². The first-order valence-corrected chi connectivity index (χ1v) is 45.3. The SMILES string of the molecule is c1ccc(-c2nc(-c3ccccc3)nc(-n3c4cc5c(cc4c4ncccc43)c3ccccc3n5-c3ccccc3)n2)cc1.c1ccc(-c2nc(-c3ccccc3)nc(-n3c4ccccc4c4ccc5c6c7ccccc7ccc6n(-c6ccccc6)c5c43)n2)cc1.c1ccc(-c2nc(-c3ccccc3)nc(-n3c4cccnc4c4ccc5c(c6ccccc6n5-c5ccccc5)c43)n2)cc1. The summed E-state index contributed by atoms with van der Waals surface area (Å²) in [7, 11) is 0. The highest BCUT2D eigenvalue weighted by Crippen LogP contribution is 2.47. The number of hydrogen-bond donors (Lipinski definition) is 0. The van der Waals surface area contributed by atoms with Gasteiger partial charge >= 0.3 is 0 Å². The Bertz CT molecular complexity index is 9290. The smallest absolute Gasteiger partial charge is 0.238 e. The van der Waals surface area contributed by atoms with Gasteiger partial charge in [-0.25, -0.2) is 15.0 Å². The van der Waals surface area contributed by atoms with Gasteiger partial charge in [-0.15, -0.1) is 0 Å². The summed E-state index contributed by atoms with van der Waals surface area (Å²) < 4.78 is 13.6. The van der Waals surface area contributed by atoms with Crippen LogP contribution in [0.15, 0.2) is 455 Å². The molecule has 17 aromatic carbocycles. The molecular weight excluding hydrogens is 1670 g/mol. The van der Waals surface area contributed by atoms with Crippen LogP contribution in [0, 0.1) is 0 Å². The minimum absolute atomic E-state index is 0.549. The van der Waals surface area contributed by atoms with Crippen LogP contribution in [0.4, 0.5) is 0 Å². The fraction of sp³-hybridized carbons (Fsp3) is 0. The molecule has 0 aliphatic heterocycles. The molecule has 0 N–H and O–H groups in total. The first kappa shape index (κ1) is 78.2. The molecule has 17 nitrogen and oxygen atoms in total. The van der Waals surface area contributed by atoms with E-state index in [0.29, 0.717) is 52.8 Å². The third kappa shape index (κ3) is 13.1. The molecule has 636 valence electrons. The van der Waals surface area contributed by atoms with Gasteiger partial charge in [0.15, 0.2) is 34.9 Å². The third-order valence-corrected chi connectivity index (χ3v) is 25.8. The van der Waals surface area contributed by atoms with E-state index in [2.05, 4.69) is 300 Å². The van der Waals surface area contributed by atoms with Gasteiger partial charge in [0.2, 0.25) is 17.8 Å². The van der Waals surface area contributed by atoms with Crippen LogP contribution in [0.5, 0.6) is 0 Å². The summed E-state index contributed by atoms with van der Waals surface area (Å²) in [5, 5.41) is 13.9. The molecular formula is C119H75N17. The number of benzene rings is 17. The van der Waals surface area contributed by atoms with Gasteiger partial charge in [-0.05, 0) is 120 Å². The van der Waals surface area contributed by atoms with Gasteiger partial charge in [-0.3, -0.25) is 23.7 Å². The zero-order valence-corrected chi connectivity index (χ0v) is 72.9. The summed E-state index contributed by atoms with van der Waals surface area (Å²) in [5.41, 5.74) is 23.5. The second-order valence-electron chi connectivity index (χ2n) is 33.6. The van der Waals surface area contributed by atoms with Crippen molar-refractivity contribution in [2.45, 2.75) is 0 Å². The number of pyridine rings is 2. The van der Waals surface area contributed by atoms with E-state index in [1.54, 1.807) is 0 Å². The van der Waals surface area contributed by atoms with E-state index in [1.807, 2.05) is 182 Å². The van der Waals surface area contributed by atoms with E-state index in [9.17, 15) is 0 Å². The summed E-state index contributed by atoms with van der Waals surface area (Å²) in [5.74, 6) is 5.41. The number of para-hydroxylation sites is 6. The van der Waals surface area contributed by atoms with Gasteiger partial charge in [0.05, 0.1) is 77.2 Å². The van der Waals surface area contributed by atoms with Crippen LogP contribution in [-0.4, -0.2) is 82.2 Å². The first-order chi connectivity index (χ1) is 67.5. The van der Waals surface area contributed by atoms with Crippen molar-refractivity contribution in [2.75, 3.05) is 0 Å². The van der Waals surface area contributed by atoms with Crippen molar-refractivity contribution in [1.29, 1.82) is 0 Å². The lowest BCUT2D eigenvalue weighted by molar-refractivity contribution is 0.952. The van der Waals surface area contributed by atoms with Crippen molar-refractivity contribution >= 4 is 142 Å². The van der Waals surface area contributed by atoms with Crippen LogP contribution in [-0.2, 0) is 0 Å². The molecule has 0 bridgehead atoms. The van der Waals surface area contributed by atoms with E-state index in [-0.39, 0.29) is 0 Å². The molecule has 28 aromatic rings. The Morgan fingerprint density at radius 1 is 0.154 bits per heavy atom. The highest BCUT2D eigenvalue weighted by atomic mass is 15.2. The predicted molar refractivity (Wildman–Crippen MR) is 551 cm³/mol. The maximum Gasteiger partial charge on any atom is 0.238 e. The Morgan fingerprint density at radius 2 is 0.471 bits per heavy atom. The highest BCUT2D eigenvalue weighted by Gasteiger charge is 2.29. The summed E-state index contributed by atoms with van der Waals surface area (Å²) >= 11 is 0. The molecule has 0 fully saturated rings. The standard InChI is InChI=1S/C43H27N5.2C38H24N6/c1-4-15-29(16-5-1)41-44-42(30-17-6-2-7-18-30)46-43(45-41)48-36-23-13-12-22-33(36)34-25-26-35-38-32-21-11-10-14-28(32)24-27-37(38)47(40(35)39(34)48)31-19-8-3-9-20-31;1-4-13-25(14-5-1)36-40-37(26-15-6-2-7-16-26)42-38(41-36)44-32-21-12-24-39-34(32)29-22-23-31-33(35(29)44)28-19-10-11-20-30(28)43(31)27-17-8-3-9-18-27;1-4-13-25(14-5-1)36-40-37(26-15-6-2-7-16-26)42-38(41-36)44-32-21-12-22-39-35(32)30-23-29-28-19-10-11-20-31(28)43(33(29)24-34(30)44)27-17-8-3-9-18-27/h1-27H;2*1-24H. The molecule has 0 spiro atoms. The minimum atomic E-state index is 0.549. The minimum Gasteiger partial charge on any atom is -0.309 e. The topological polar surface area (TPSA) is 171 Å². The number of nitrogens with zero attached hydrogens (tertiary/aromatic N) is 17. The molecule has 0 aliphatic rings. The molecule has 11 aromatic heterocycles. The monoisotopic (exact) mass is 1740 g/mol. The van der Waals surface area contributed by atoms with Gasteiger partial charge in [0.1, 0.15) is 0 Å². The quantitative estimate of drug-likeness (QED) is 0.114. The van der Waals surface area contributed by atoms with E-state index >= 15 is 0 Å². The molecule has 0 amide bonds. The van der Waals surface area contributed by atoms with Crippen LogP contribution in [0.2, 0.25) is 0 Å². The first-order valence-electron chi connectivity index (χ1n) is 45.3. The Kier molecular flexibility index (Phi) is 18.8. The number of fused-ring (bicyclic) bond motifs is 22. The maximum absolute atomic E-state index is 5.22. The Balaban J connectivity index is 0.000000106. The average Bonchev–Trinajstić information content (AvgIpc) is 1.53. The fourth-order valence-electron chi connectivity index (χ4n) is 19.9. The molecule has 136 heavy (non-hydrogen) atoms. The lowest BCUT2D eigenvalue weighted by atomic mass is 10.0. The Labute approximate surface area is 777 Å². The lowest BCUT2D eigenvalue weighted by Gasteiger charge is -2.13. The van der Waals surface area contributed by atoms with Crippen LogP contribution < -0.4 is 0 Å². The number of hydrogen-bond acceptors (Lipinski definition) is 11. The summed E-state index contributed by atoms with van der Waals surface area (Å²) in [6, 6.07) is 153. The lowest BCUT2D eigenvalue weighted by Crippen LogP contribution is -2.07. The van der Waals surface area contributed by atoms with Gasteiger partial charge in [-0.1, -0.05) is 334 Å². The van der Waals surface area contributed by atoms with Crippen molar-refractivity contribution in [3.05, 3.63) is 455 Å². The van der Waals surface area contributed by atoms with Crippen LogP contribution in [0.3, 0.4) is 0 Å². The Morgan fingerprint density at radius 3 is 0.949 bits per heavy atom. The molecule has 0 aliphatic carbocycles. The van der Waals surface area contributed by atoms with Gasteiger partial charge < -0.3 is 13.7 Å². The molecule has 0 atom stereocenters. The second kappa shape index (κ2) is 32.6. The van der Waals surface area contributed by atoms with Gasteiger partial charge in [-0.2, -0.15) is 29.9 Å². The van der Waals surface area contributed by atoms with E-state index < -0.39 is 0 Å². The highest BCUT2D eigenvalue weighted by molar-refractivity contribution is 6.29. The third-order valence-electron chi connectivity index (χ3n) is 25.8. The summed E-state index contributed by atoms with van der Waals surface area (Å²) in [6.07, 6.45) is 3.70. The zero-order chi connectivity index (χ0) is 89.7. The molecule has 11 heterocycles. The normalized spacial score (nSPS) is 11.7. The second-order valence-corrected chi connectivity index (χ2v) is 33.6. The molecule has 28 rings (SSSR count). The molecule has 0 saturated carbocycles. The molecule has 17 heteroatoms. The summed E-state index contributed by atoms with van der Waals surface area (Å²) in [4.78, 5) is 55.5. The van der Waals surface area contributed by atoms with E-state index in [4.69, 9.17) is 54.8 Å². The van der Waals surface area contributed by atoms with Crippen molar-refractivity contribution in [2.24, 2.45) is 0 Å². The van der Waals surface area contributed by atoms with Crippen molar-refractivity contribution in [3.8, 4) is 103 Å². The zero-order valence-electron chi connectivity index (χ0n) is 72.9. The maximum atomic E-state index is 5.22. The van der Waals surface area contributed by atoms with Gasteiger partial charge in [0.25, 0.3) is 0 Å². The predicted octanol–water partition coefficient (Wildman–Crippen LogP) is 28.1. The van der Waals surface area contributed by atoms with E-state index in [1.165, 1.54) is 32.3 Å². The largest absolute Gasteiger partial charge is 0.309 e. The van der Waals surface area contributed by atoms with E-state index in [0.717, 1.165) is 160 Å². The van der Waals surface area contributed by atoms with Crippen molar-refractivity contribution in [1.82, 2.24) is 82.2 Å². The average molecular weight is 1740 g/mol. The summed E-state index contributed by atoms with van der Waals surface area (Å²) in [6.45, 7) is 0. The van der Waals surface area contributed by atoms with Crippen LogP contribution in [0.25, 0.3) is 245 Å². The fourth-order valence-corrected chi connectivity index (χ4v) is 19.9. The number of aromatic nitrogens is 17. The Hall–Kier alpha value is -18.9. The van der Waals surface area contributed by atoms with Gasteiger partial charge in [0, 0.05) is 117 Å².